The molecule has 4 aromatic rings. The fourth-order valence-electron chi connectivity index (χ4n) is 4.04. The van der Waals surface area contributed by atoms with E-state index in [0.717, 1.165) is 41.8 Å². The van der Waals surface area contributed by atoms with Gasteiger partial charge in [-0.1, -0.05) is 29.8 Å². The van der Waals surface area contributed by atoms with Gasteiger partial charge >= 0.3 is 0 Å². The molecule has 0 amide bonds. The first kappa shape index (κ1) is 18.8. The number of nitrogens with zero attached hydrogens (tertiary/aromatic N) is 4. The summed E-state index contributed by atoms with van der Waals surface area (Å²) in [7, 11) is 0. The first-order chi connectivity index (χ1) is 14.7. The molecule has 0 saturated carbocycles. The molecule has 1 fully saturated rings. The van der Waals surface area contributed by atoms with Crippen LogP contribution in [0, 0.1) is 0 Å². The van der Waals surface area contributed by atoms with Crippen LogP contribution in [0.4, 0.5) is 5.82 Å². The number of hydrogen-bond acceptors (Lipinski definition) is 6. The first-order valence-corrected chi connectivity index (χ1v) is 10.2. The van der Waals surface area contributed by atoms with Gasteiger partial charge in [0.15, 0.2) is 11.6 Å². The molecular formula is C23H20ClN5O. The van der Waals surface area contributed by atoms with Crippen LogP contribution in [-0.4, -0.2) is 28.0 Å². The number of nitrogens with two attached hydrogens (primary N) is 1. The molecule has 5 rings (SSSR count). The standard InChI is InChI=1S/C23H20ClN5O/c24-17-7-8-18-20(12-17)27-22(19-5-1-2-6-21(19)30-25)28-23(18)29-11-9-16(14-29)15-4-3-10-26-13-15/h1-8,10,12-13,16H,9,11,14,25H2. The van der Waals surface area contributed by atoms with E-state index in [-0.39, 0.29) is 0 Å². The zero-order chi connectivity index (χ0) is 20.5. The molecule has 1 unspecified atom stereocenters. The molecule has 150 valence electrons. The molecule has 30 heavy (non-hydrogen) atoms. The summed E-state index contributed by atoms with van der Waals surface area (Å²) in [5.41, 5.74) is 2.79. The Labute approximate surface area is 179 Å². The maximum absolute atomic E-state index is 6.27. The van der Waals surface area contributed by atoms with Crippen LogP contribution in [0.1, 0.15) is 17.9 Å². The second kappa shape index (κ2) is 7.89. The first-order valence-electron chi connectivity index (χ1n) is 9.81. The maximum Gasteiger partial charge on any atom is 0.165 e. The van der Waals surface area contributed by atoms with E-state index in [1.165, 1.54) is 5.56 Å². The van der Waals surface area contributed by atoms with E-state index in [9.17, 15) is 0 Å². The predicted octanol–water partition coefficient (Wildman–Crippen LogP) is 4.59. The van der Waals surface area contributed by atoms with Crippen LogP contribution < -0.4 is 15.6 Å². The third-order valence-electron chi connectivity index (χ3n) is 5.54. The van der Waals surface area contributed by atoms with Gasteiger partial charge in [0, 0.05) is 41.8 Å². The van der Waals surface area contributed by atoms with E-state index in [0.29, 0.717) is 22.5 Å². The lowest BCUT2D eigenvalue weighted by Crippen LogP contribution is -2.21. The van der Waals surface area contributed by atoms with Crippen LogP contribution in [-0.2, 0) is 0 Å². The minimum absolute atomic E-state index is 0.416. The summed E-state index contributed by atoms with van der Waals surface area (Å²) in [5.74, 6) is 7.87. The fourth-order valence-corrected chi connectivity index (χ4v) is 4.21. The molecule has 1 aliphatic heterocycles. The zero-order valence-electron chi connectivity index (χ0n) is 16.2. The molecule has 1 aliphatic rings. The Balaban J connectivity index is 1.61. The number of pyridine rings is 1. The molecule has 2 aromatic carbocycles. The number of anilines is 1. The van der Waals surface area contributed by atoms with Crippen LogP contribution in [0.15, 0.2) is 67.0 Å². The smallest absolute Gasteiger partial charge is 0.165 e. The molecule has 1 atom stereocenters. The molecule has 2 aromatic heterocycles. The van der Waals surface area contributed by atoms with Gasteiger partial charge in [-0.05, 0) is 48.4 Å². The molecule has 6 nitrogen and oxygen atoms in total. The summed E-state index contributed by atoms with van der Waals surface area (Å²) in [6.45, 7) is 1.78. The third-order valence-corrected chi connectivity index (χ3v) is 5.77. The van der Waals surface area contributed by atoms with Crippen molar-refractivity contribution < 1.29 is 4.84 Å². The van der Waals surface area contributed by atoms with Crippen molar-refractivity contribution in [1.82, 2.24) is 15.0 Å². The van der Waals surface area contributed by atoms with Gasteiger partial charge in [-0.25, -0.2) is 9.97 Å². The summed E-state index contributed by atoms with van der Waals surface area (Å²) in [5, 5.41) is 1.61. The highest BCUT2D eigenvalue weighted by Gasteiger charge is 2.27. The van der Waals surface area contributed by atoms with E-state index >= 15 is 0 Å². The zero-order valence-corrected chi connectivity index (χ0v) is 17.0. The highest BCUT2D eigenvalue weighted by Crippen LogP contribution is 2.36. The predicted molar refractivity (Wildman–Crippen MR) is 119 cm³/mol. The van der Waals surface area contributed by atoms with E-state index in [4.69, 9.17) is 32.3 Å². The fraction of sp³-hybridized carbons (Fsp3) is 0.174. The summed E-state index contributed by atoms with van der Waals surface area (Å²) >= 11 is 6.27. The number of rotatable bonds is 4. The Kier molecular flexibility index (Phi) is 4.94. The average Bonchev–Trinajstić information content (AvgIpc) is 3.29. The Bertz CT molecular complexity index is 1200. The highest BCUT2D eigenvalue weighted by atomic mass is 35.5. The van der Waals surface area contributed by atoms with Crippen LogP contribution in [0.25, 0.3) is 22.3 Å². The van der Waals surface area contributed by atoms with Crippen LogP contribution in [0.3, 0.4) is 0 Å². The Hall–Kier alpha value is -3.22. The molecule has 0 bridgehead atoms. The summed E-state index contributed by atoms with van der Waals surface area (Å²) in [4.78, 5) is 21.3. The SMILES string of the molecule is NOc1ccccc1-c1nc(N2CCC(c3cccnc3)C2)c2ccc(Cl)cc2n1. The molecule has 0 aliphatic carbocycles. The number of para-hydroxylation sites is 1. The van der Waals surface area contributed by atoms with Crippen LogP contribution in [0.5, 0.6) is 5.75 Å². The van der Waals surface area contributed by atoms with Gasteiger partial charge in [0.25, 0.3) is 0 Å². The molecule has 7 heteroatoms. The van der Waals surface area contributed by atoms with Crippen molar-refractivity contribution >= 4 is 28.3 Å². The molecule has 0 spiro atoms. The monoisotopic (exact) mass is 417 g/mol. The van der Waals surface area contributed by atoms with Gasteiger partial charge < -0.3 is 9.74 Å². The second-order valence-electron chi connectivity index (χ2n) is 7.36. The van der Waals surface area contributed by atoms with Crippen LogP contribution in [0.2, 0.25) is 5.02 Å². The molecule has 1 saturated heterocycles. The van der Waals surface area contributed by atoms with Crippen LogP contribution >= 0.6 is 11.6 Å². The molecule has 0 radical (unpaired) electrons. The normalized spacial score (nSPS) is 16.2. The van der Waals surface area contributed by atoms with Crippen molar-refractivity contribution in [2.45, 2.75) is 12.3 Å². The summed E-state index contributed by atoms with van der Waals surface area (Å²) in [6.07, 6.45) is 4.80. The highest BCUT2D eigenvalue weighted by molar-refractivity contribution is 6.31. The lowest BCUT2D eigenvalue weighted by Gasteiger charge is -2.21. The minimum Gasteiger partial charge on any atom is -0.411 e. The van der Waals surface area contributed by atoms with Crippen molar-refractivity contribution in [3.63, 3.8) is 0 Å². The number of aromatic nitrogens is 3. The van der Waals surface area contributed by atoms with E-state index in [1.807, 2.05) is 48.7 Å². The number of hydrogen-bond donors (Lipinski definition) is 1. The lowest BCUT2D eigenvalue weighted by atomic mass is 10.0. The van der Waals surface area contributed by atoms with Crippen molar-refractivity contribution in [1.29, 1.82) is 0 Å². The van der Waals surface area contributed by atoms with E-state index < -0.39 is 0 Å². The summed E-state index contributed by atoms with van der Waals surface area (Å²) < 4.78 is 0. The van der Waals surface area contributed by atoms with Gasteiger partial charge in [0.05, 0.1) is 11.1 Å². The van der Waals surface area contributed by atoms with Gasteiger partial charge in [0.1, 0.15) is 5.82 Å². The Morgan fingerprint density at radius 1 is 1.07 bits per heavy atom. The van der Waals surface area contributed by atoms with E-state index in [1.54, 1.807) is 12.3 Å². The third kappa shape index (κ3) is 3.44. The van der Waals surface area contributed by atoms with Crippen molar-refractivity contribution in [2.24, 2.45) is 5.90 Å². The van der Waals surface area contributed by atoms with Gasteiger partial charge in [0.2, 0.25) is 0 Å². The van der Waals surface area contributed by atoms with E-state index in [2.05, 4.69) is 16.0 Å². The molecule has 2 N–H and O–H groups in total. The molecule has 3 heterocycles. The Morgan fingerprint density at radius 2 is 1.97 bits per heavy atom. The van der Waals surface area contributed by atoms with Gasteiger partial charge in [-0.3, -0.25) is 4.98 Å². The van der Waals surface area contributed by atoms with Gasteiger partial charge in [-0.2, -0.15) is 5.90 Å². The maximum atomic E-state index is 6.27. The quantitative estimate of drug-likeness (QED) is 0.489. The average molecular weight is 418 g/mol. The van der Waals surface area contributed by atoms with Crippen molar-refractivity contribution in [3.05, 3.63) is 77.6 Å². The Morgan fingerprint density at radius 3 is 2.80 bits per heavy atom. The van der Waals surface area contributed by atoms with Crippen molar-refractivity contribution in [2.75, 3.05) is 18.0 Å². The summed E-state index contributed by atoms with van der Waals surface area (Å²) in [6, 6.07) is 17.3. The molecular weight excluding hydrogens is 398 g/mol. The second-order valence-corrected chi connectivity index (χ2v) is 7.80. The number of fused-ring (bicyclic) bond motifs is 1. The number of halogens is 1. The lowest BCUT2D eigenvalue weighted by molar-refractivity contribution is 0.336. The van der Waals surface area contributed by atoms with Gasteiger partial charge in [-0.15, -0.1) is 0 Å². The van der Waals surface area contributed by atoms with Crippen molar-refractivity contribution in [3.8, 4) is 17.1 Å². The topological polar surface area (TPSA) is 77.2 Å². The largest absolute Gasteiger partial charge is 0.411 e. The minimum atomic E-state index is 0.416. The number of benzene rings is 2.